The maximum absolute atomic E-state index is 12.3. The summed E-state index contributed by atoms with van der Waals surface area (Å²) in [6, 6.07) is 11.8. The number of ketones is 2. The summed E-state index contributed by atoms with van der Waals surface area (Å²) in [4.78, 5) is 34.8. The van der Waals surface area contributed by atoms with Crippen LogP contribution in [0.2, 0.25) is 5.02 Å². The van der Waals surface area contributed by atoms with Gasteiger partial charge in [-0.1, -0.05) is 35.9 Å². The van der Waals surface area contributed by atoms with Gasteiger partial charge in [0.25, 0.3) is 6.47 Å². The van der Waals surface area contributed by atoms with E-state index in [4.69, 9.17) is 16.3 Å². The fraction of sp³-hybridized carbons (Fsp3) is 0.118. The van der Waals surface area contributed by atoms with E-state index in [1.54, 1.807) is 36.4 Å². The molecular weight excluding hydrogens is 320 g/mol. The second kappa shape index (κ2) is 6.22. The van der Waals surface area contributed by atoms with Gasteiger partial charge in [0.05, 0.1) is 5.56 Å². The zero-order chi connectivity index (χ0) is 16.4. The fourth-order valence-corrected chi connectivity index (χ4v) is 2.55. The van der Waals surface area contributed by atoms with E-state index in [0.717, 1.165) is 5.56 Å². The van der Waals surface area contributed by atoms with Crippen LogP contribution in [-0.4, -0.2) is 24.1 Å². The Morgan fingerprint density at radius 2 is 1.78 bits per heavy atom. The third-order valence-electron chi connectivity index (χ3n) is 3.51. The van der Waals surface area contributed by atoms with Crippen molar-refractivity contribution in [1.29, 1.82) is 0 Å². The molecule has 2 aromatic carbocycles. The normalized spacial score (nSPS) is 16.1. The number of halogens is 1. The number of rotatable bonds is 5. The monoisotopic (exact) mass is 330 g/mol. The number of carbonyl (C=O) groups excluding carboxylic acids is 3. The molecule has 1 unspecified atom stereocenters. The number of ether oxygens (including phenoxy) is 2. The van der Waals surface area contributed by atoms with Crippen LogP contribution in [0.25, 0.3) is 0 Å². The van der Waals surface area contributed by atoms with Crippen LogP contribution in [-0.2, 0) is 16.1 Å². The van der Waals surface area contributed by atoms with Crippen LogP contribution < -0.4 is 4.74 Å². The van der Waals surface area contributed by atoms with Crippen LogP contribution >= 0.6 is 11.6 Å². The molecular formula is C17H11ClO5. The van der Waals surface area contributed by atoms with Crippen LogP contribution in [0.3, 0.4) is 0 Å². The van der Waals surface area contributed by atoms with Crippen molar-refractivity contribution in [3.63, 3.8) is 0 Å². The van der Waals surface area contributed by atoms with Crippen molar-refractivity contribution in [3.05, 3.63) is 64.2 Å². The van der Waals surface area contributed by atoms with Crippen molar-refractivity contribution in [3.8, 4) is 5.75 Å². The molecule has 0 bridgehead atoms. The highest BCUT2D eigenvalue weighted by molar-refractivity contribution is 6.30. The van der Waals surface area contributed by atoms with E-state index in [1.807, 2.05) is 0 Å². The summed E-state index contributed by atoms with van der Waals surface area (Å²) in [7, 11) is 0. The lowest BCUT2D eigenvalue weighted by Gasteiger charge is -2.09. The minimum Gasteiger partial charge on any atom is -0.488 e. The highest BCUT2D eigenvalue weighted by Gasteiger charge is 2.42. The second-order valence-electron chi connectivity index (χ2n) is 4.93. The Labute approximate surface area is 136 Å². The molecule has 2 aromatic rings. The molecule has 6 heteroatoms. The van der Waals surface area contributed by atoms with E-state index in [9.17, 15) is 14.4 Å². The highest BCUT2D eigenvalue weighted by Crippen LogP contribution is 2.32. The maximum Gasteiger partial charge on any atom is 0.294 e. The summed E-state index contributed by atoms with van der Waals surface area (Å²) in [6.45, 7) is 0.314. The van der Waals surface area contributed by atoms with Crippen molar-refractivity contribution in [2.75, 3.05) is 0 Å². The summed E-state index contributed by atoms with van der Waals surface area (Å²) < 4.78 is 10.3. The zero-order valence-electron chi connectivity index (χ0n) is 11.8. The average molecular weight is 331 g/mol. The minimum absolute atomic E-state index is 0.0978. The molecule has 23 heavy (non-hydrogen) atoms. The zero-order valence-corrected chi connectivity index (χ0v) is 12.6. The van der Waals surface area contributed by atoms with E-state index in [2.05, 4.69) is 4.74 Å². The molecule has 5 nitrogen and oxygen atoms in total. The third-order valence-corrected chi connectivity index (χ3v) is 3.77. The standard InChI is InChI=1S/C17H11ClO5/c18-11-6-4-10(5-7-11)8-22-13-3-1-2-12-14(13)16(21)17(15(12)20)23-9-19/h1-7,9,17H,8H2. The molecule has 0 aromatic heterocycles. The predicted molar refractivity (Wildman–Crippen MR) is 81.8 cm³/mol. The van der Waals surface area contributed by atoms with Gasteiger partial charge in [0, 0.05) is 10.6 Å². The molecule has 1 aliphatic carbocycles. The van der Waals surface area contributed by atoms with E-state index < -0.39 is 17.7 Å². The first kappa shape index (κ1) is 15.2. The van der Waals surface area contributed by atoms with Gasteiger partial charge in [-0.3, -0.25) is 14.4 Å². The van der Waals surface area contributed by atoms with Crippen LogP contribution in [0.5, 0.6) is 5.75 Å². The molecule has 0 saturated carbocycles. The Morgan fingerprint density at radius 1 is 1.04 bits per heavy atom. The molecule has 0 fully saturated rings. The molecule has 0 saturated heterocycles. The number of hydrogen-bond acceptors (Lipinski definition) is 5. The quantitative estimate of drug-likeness (QED) is 0.623. The van der Waals surface area contributed by atoms with Crippen molar-refractivity contribution in [2.45, 2.75) is 12.7 Å². The van der Waals surface area contributed by atoms with E-state index >= 15 is 0 Å². The van der Waals surface area contributed by atoms with Crippen molar-refractivity contribution in [2.24, 2.45) is 0 Å². The van der Waals surface area contributed by atoms with Crippen LogP contribution in [0.4, 0.5) is 0 Å². The number of hydrogen-bond donors (Lipinski definition) is 0. The highest BCUT2D eigenvalue weighted by atomic mass is 35.5. The van der Waals surface area contributed by atoms with Gasteiger partial charge in [-0.05, 0) is 23.8 Å². The lowest BCUT2D eigenvalue weighted by Crippen LogP contribution is -2.25. The summed E-state index contributed by atoms with van der Waals surface area (Å²) in [5.41, 5.74) is 1.22. The van der Waals surface area contributed by atoms with Crippen molar-refractivity contribution >= 4 is 29.6 Å². The van der Waals surface area contributed by atoms with Gasteiger partial charge in [0.1, 0.15) is 12.4 Å². The molecule has 0 N–H and O–H groups in total. The van der Waals surface area contributed by atoms with Gasteiger partial charge in [-0.2, -0.15) is 0 Å². The van der Waals surface area contributed by atoms with Gasteiger partial charge in [0.2, 0.25) is 17.7 Å². The Morgan fingerprint density at radius 3 is 2.48 bits per heavy atom. The maximum atomic E-state index is 12.3. The Balaban J connectivity index is 1.86. The molecule has 1 aliphatic rings. The Hall–Kier alpha value is -2.66. The molecule has 0 amide bonds. The minimum atomic E-state index is -1.41. The molecule has 1 atom stereocenters. The third kappa shape index (κ3) is 2.83. The molecule has 116 valence electrons. The topological polar surface area (TPSA) is 69.7 Å². The Bertz CT molecular complexity index is 782. The second-order valence-corrected chi connectivity index (χ2v) is 5.37. The van der Waals surface area contributed by atoms with E-state index in [1.165, 1.54) is 6.07 Å². The average Bonchev–Trinajstić information content (AvgIpc) is 2.80. The Kier molecular flexibility index (Phi) is 4.12. The summed E-state index contributed by atoms with van der Waals surface area (Å²) >= 11 is 5.82. The van der Waals surface area contributed by atoms with Crippen LogP contribution in [0.15, 0.2) is 42.5 Å². The van der Waals surface area contributed by atoms with E-state index in [-0.39, 0.29) is 30.0 Å². The van der Waals surface area contributed by atoms with Gasteiger partial charge in [-0.15, -0.1) is 0 Å². The largest absolute Gasteiger partial charge is 0.488 e. The molecule has 0 heterocycles. The lowest BCUT2D eigenvalue weighted by atomic mass is 10.1. The number of Topliss-reactive ketones (excluding diaryl/α,β-unsaturated/α-hetero) is 2. The first-order valence-corrected chi connectivity index (χ1v) is 7.17. The van der Waals surface area contributed by atoms with E-state index in [0.29, 0.717) is 5.02 Å². The number of fused-ring (bicyclic) bond motifs is 1. The summed E-state index contributed by atoms with van der Waals surface area (Å²) in [5, 5.41) is 0.615. The van der Waals surface area contributed by atoms with Gasteiger partial charge in [0.15, 0.2) is 0 Å². The van der Waals surface area contributed by atoms with Gasteiger partial charge < -0.3 is 9.47 Å². The summed E-state index contributed by atoms with van der Waals surface area (Å²) in [6.07, 6.45) is -1.41. The molecule has 0 spiro atoms. The van der Waals surface area contributed by atoms with Gasteiger partial charge >= 0.3 is 0 Å². The number of benzene rings is 2. The fourth-order valence-electron chi connectivity index (χ4n) is 2.42. The SMILES string of the molecule is O=COC1C(=O)c2cccc(OCc3ccc(Cl)cc3)c2C1=O. The molecule has 0 aliphatic heterocycles. The first-order chi connectivity index (χ1) is 11.1. The van der Waals surface area contributed by atoms with Crippen molar-refractivity contribution < 1.29 is 23.9 Å². The summed E-state index contributed by atoms with van der Waals surface area (Å²) in [5.74, 6) is -0.814. The van der Waals surface area contributed by atoms with Crippen LogP contribution in [0.1, 0.15) is 26.3 Å². The van der Waals surface area contributed by atoms with Crippen molar-refractivity contribution in [1.82, 2.24) is 0 Å². The predicted octanol–water partition coefficient (Wildman–Crippen LogP) is 2.84. The lowest BCUT2D eigenvalue weighted by molar-refractivity contribution is -0.130. The molecule has 3 rings (SSSR count). The van der Waals surface area contributed by atoms with Gasteiger partial charge in [-0.25, -0.2) is 0 Å². The first-order valence-electron chi connectivity index (χ1n) is 6.79. The smallest absolute Gasteiger partial charge is 0.294 e. The van der Waals surface area contributed by atoms with Crippen LogP contribution in [0, 0.1) is 0 Å². The molecule has 0 radical (unpaired) electrons. The number of carbonyl (C=O) groups is 3.